The van der Waals surface area contributed by atoms with E-state index >= 15 is 4.39 Å². The van der Waals surface area contributed by atoms with Gasteiger partial charge in [0, 0.05) is 41.2 Å². The first kappa shape index (κ1) is 50.2. The van der Waals surface area contributed by atoms with Crippen LogP contribution in [0.4, 0.5) is 4.39 Å². The number of rotatable bonds is 18. The monoisotopic (exact) mass is 993 g/mol. The molecule has 0 radical (unpaired) electrons. The van der Waals surface area contributed by atoms with Crippen molar-refractivity contribution in [3.8, 4) is 11.4 Å². The standard InChI is InChI=1S/C48H48FN9O14/c1-3-48(70)28-14-33-42-26(19-57(33)45(67)27(28)21-71-47(48)69)41-30(10-9-25-23(2)29(49)15-31(55-42)40(25)41)56-44(66)46(68)72-22-53-35(60)17-52-43(65)32(13-24-7-5-4-6-8-24)54-36(61)18-50-34(59)16-51-37(62)20-58-38(63)11-12-39(58)64/h4-8,11-12,14-15,30,32,46,68,70H,3,9-10,13,16-22H2,1-2H3,(H,50,59)(H,51,62)(H,52,65)(H,53,60)(H,54,61)(H,56,66)/t30-,32-,46-,48-/m0/s1. The lowest BCUT2D eigenvalue weighted by atomic mass is 9.81. The molecule has 8 rings (SSSR count). The van der Waals surface area contributed by atoms with Gasteiger partial charge in [0.15, 0.2) is 5.60 Å². The minimum Gasteiger partial charge on any atom is -0.458 e. The Morgan fingerprint density at radius 2 is 1.57 bits per heavy atom. The number of nitrogens with one attached hydrogen (secondary N) is 6. The molecular formula is C48H48FN9O14. The zero-order chi connectivity index (χ0) is 51.6. The van der Waals surface area contributed by atoms with Crippen LogP contribution in [0, 0.1) is 12.7 Å². The van der Waals surface area contributed by atoms with Crippen molar-refractivity contribution >= 4 is 64.1 Å². The molecule has 0 unspecified atom stereocenters. The van der Waals surface area contributed by atoms with Crippen molar-refractivity contribution < 1.29 is 67.2 Å². The molecule has 0 bridgehead atoms. The number of benzene rings is 2. The topological polar surface area (TPSA) is 323 Å². The third-order valence-corrected chi connectivity index (χ3v) is 12.9. The third-order valence-electron chi connectivity index (χ3n) is 12.9. The number of hydrogen-bond donors (Lipinski definition) is 8. The highest BCUT2D eigenvalue weighted by molar-refractivity contribution is 6.14. The molecule has 0 saturated carbocycles. The molecule has 4 atom stereocenters. The van der Waals surface area contributed by atoms with Crippen LogP contribution in [-0.4, -0.2) is 123 Å². The summed E-state index contributed by atoms with van der Waals surface area (Å²) < 4.78 is 27.2. The van der Waals surface area contributed by atoms with Gasteiger partial charge in [0.1, 0.15) is 31.7 Å². The molecular weight excluding hydrogens is 946 g/mol. The Bertz CT molecular complexity index is 3050. The highest BCUT2D eigenvalue weighted by Crippen LogP contribution is 2.46. The van der Waals surface area contributed by atoms with Gasteiger partial charge in [0.05, 0.1) is 54.7 Å². The number of nitrogens with zero attached hydrogens (tertiary/aromatic N) is 3. The number of carbonyl (C=O) groups is 9. The van der Waals surface area contributed by atoms with Crippen molar-refractivity contribution in [3.05, 3.63) is 110 Å². The van der Waals surface area contributed by atoms with Crippen molar-refractivity contribution in [3.63, 3.8) is 0 Å². The molecule has 8 amide bonds. The smallest absolute Gasteiger partial charge is 0.343 e. The Kier molecular flexibility index (Phi) is 14.4. The molecule has 376 valence electrons. The van der Waals surface area contributed by atoms with Gasteiger partial charge in [0.2, 0.25) is 35.8 Å². The first-order valence-electron chi connectivity index (χ1n) is 22.7. The number of pyridine rings is 2. The van der Waals surface area contributed by atoms with Crippen LogP contribution < -0.4 is 37.5 Å². The van der Waals surface area contributed by atoms with Gasteiger partial charge in [0.25, 0.3) is 23.3 Å². The lowest BCUT2D eigenvalue weighted by Gasteiger charge is -2.31. The van der Waals surface area contributed by atoms with Crippen LogP contribution >= 0.6 is 0 Å². The fourth-order valence-corrected chi connectivity index (χ4v) is 9.08. The number of cyclic esters (lactones) is 1. The fourth-order valence-electron chi connectivity index (χ4n) is 9.08. The van der Waals surface area contributed by atoms with Crippen LogP contribution in [-0.2, 0) is 84.2 Å². The van der Waals surface area contributed by atoms with Crippen LogP contribution in [0.2, 0.25) is 0 Å². The maximum absolute atomic E-state index is 15.4. The van der Waals surface area contributed by atoms with E-state index in [-0.39, 0.29) is 60.4 Å². The summed E-state index contributed by atoms with van der Waals surface area (Å²) in [5, 5.41) is 37.2. The number of esters is 1. The molecule has 72 heavy (non-hydrogen) atoms. The van der Waals surface area contributed by atoms with E-state index in [0.717, 1.165) is 12.2 Å². The van der Waals surface area contributed by atoms with Gasteiger partial charge in [-0.1, -0.05) is 37.3 Å². The predicted octanol–water partition coefficient (Wildman–Crippen LogP) is -1.96. The quantitative estimate of drug-likeness (QED) is 0.0269. The van der Waals surface area contributed by atoms with Crippen molar-refractivity contribution in [1.82, 2.24) is 46.4 Å². The van der Waals surface area contributed by atoms with E-state index in [4.69, 9.17) is 14.5 Å². The third kappa shape index (κ3) is 10.0. The molecule has 0 spiro atoms. The molecule has 0 saturated heterocycles. The van der Waals surface area contributed by atoms with Crippen molar-refractivity contribution in [1.29, 1.82) is 0 Å². The SMILES string of the molecule is CC[C@@]1(O)C(=O)OCc2c1cc1n(c2=O)Cc2c-1nc1cc(F)c(C)c3c1c2[C@@H](NC(=O)[C@@H](O)OCNC(=O)CNC(=O)[C@H](Cc1ccccc1)NC(=O)CNC(=O)CNC(=O)CN1C(=O)C=CC1=O)CC3. The number of aromatic nitrogens is 2. The van der Waals surface area contributed by atoms with Gasteiger partial charge in [-0.15, -0.1) is 0 Å². The van der Waals surface area contributed by atoms with Gasteiger partial charge in [-0.25, -0.2) is 14.2 Å². The molecule has 3 aliphatic heterocycles. The maximum atomic E-state index is 15.4. The van der Waals surface area contributed by atoms with Crippen molar-refractivity contribution in [2.45, 2.75) is 76.7 Å². The summed E-state index contributed by atoms with van der Waals surface area (Å²) in [7, 11) is 0. The summed E-state index contributed by atoms with van der Waals surface area (Å²) in [6.45, 7) is -0.304. The summed E-state index contributed by atoms with van der Waals surface area (Å²) in [6.07, 6.45) is 0.326. The minimum atomic E-state index is -2.12. The maximum Gasteiger partial charge on any atom is 0.343 e. The zero-order valence-corrected chi connectivity index (χ0v) is 38.7. The van der Waals surface area contributed by atoms with Crippen LogP contribution in [0.5, 0.6) is 0 Å². The van der Waals surface area contributed by atoms with E-state index in [2.05, 4.69) is 31.9 Å². The fraction of sp³-hybridized carbons (Fsp3) is 0.354. The molecule has 5 heterocycles. The van der Waals surface area contributed by atoms with E-state index in [0.29, 0.717) is 44.5 Å². The second-order valence-corrected chi connectivity index (χ2v) is 17.4. The van der Waals surface area contributed by atoms with Crippen LogP contribution in [0.15, 0.2) is 59.4 Å². The lowest BCUT2D eigenvalue weighted by molar-refractivity contribution is -0.172. The molecule has 24 heteroatoms. The number of imide groups is 1. The number of aryl methyl sites for hydroxylation is 1. The largest absolute Gasteiger partial charge is 0.458 e. The molecule has 8 N–H and O–H groups in total. The van der Waals surface area contributed by atoms with Crippen LogP contribution in [0.25, 0.3) is 22.3 Å². The molecule has 4 aromatic rings. The van der Waals surface area contributed by atoms with Gasteiger partial charge < -0.3 is 56.2 Å². The lowest BCUT2D eigenvalue weighted by Crippen LogP contribution is -2.52. The number of ether oxygens (including phenoxy) is 2. The number of fused-ring (bicyclic) bond motifs is 5. The highest BCUT2D eigenvalue weighted by Gasteiger charge is 2.46. The summed E-state index contributed by atoms with van der Waals surface area (Å²) in [4.78, 5) is 132. The summed E-state index contributed by atoms with van der Waals surface area (Å²) in [5.74, 6) is -7.76. The van der Waals surface area contributed by atoms with E-state index in [9.17, 15) is 58.2 Å². The Morgan fingerprint density at radius 1 is 0.889 bits per heavy atom. The van der Waals surface area contributed by atoms with Gasteiger partial charge in [-0.3, -0.25) is 48.1 Å². The van der Waals surface area contributed by atoms with E-state index < -0.39 is 121 Å². The van der Waals surface area contributed by atoms with Crippen molar-refractivity contribution in [2.75, 3.05) is 32.9 Å². The molecule has 1 aliphatic carbocycles. The number of amides is 8. The number of aliphatic hydroxyl groups excluding tert-OH is 1. The summed E-state index contributed by atoms with van der Waals surface area (Å²) in [5.41, 5.74) is 1.10. The highest BCUT2D eigenvalue weighted by atomic mass is 19.1. The number of aliphatic hydroxyl groups is 2. The number of halogens is 1. The Morgan fingerprint density at radius 3 is 2.29 bits per heavy atom. The van der Waals surface area contributed by atoms with Crippen LogP contribution in [0.3, 0.4) is 0 Å². The minimum absolute atomic E-state index is 0.0208. The molecule has 0 fully saturated rings. The summed E-state index contributed by atoms with van der Waals surface area (Å²) >= 11 is 0. The first-order valence-corrected chi connectivity index (χ1v) is 22.7. The average Bonchev–Trinajstić information content (AvgIpc) is 3.89. The molecule has 2 aromatic heterocycles. The Balaban J connectivity index is 0.860. The predicted molar refractivity (Wildman–Crippen MR) is 245 cm³/mol. The molecule has 23 nitrogen and oxygen atoms in total. The van der Waals surface area contributed by atoms with Gasteiger partial charge in [-0.2, -0.15) is 0 Å². The zero-order valence-electron chi connectivity index (χ0n) is 38.7. The second-order valence-electron chi connectivity index (χ2n) is 17.4. The summed E-state index contributed by atoms with van der Waals surface area (Å²) in [6, 6.07) is 9.28. The number of hydrogen-bond acceptors (Lipinski definition) is 15. The second kappa shape index (κ2) is 20.6. The normalized spacial score (nSPS) is 18.0. The number of carbonyl (C=O) groups excluding carboxylic acids is 9. The van der Waals surface area contributed by atoms with Gasteiger partial charge >= 0.3 is 5.97 Å². The molecule has 4 aliphatic rings. The van der Waals surface area contributed by atoms with Gasteiger partial charge in [-0.05, 0) is 54.5 Å². The van der Waals surface area contributed by atoms with E-state index in [1.165, 1.54) is 16.7 Å². The van der Waals surface area contributed by atoms with E-state index in [1.54, 1.807) is 44.2 Å². The average molecular weight is 994 g/mol. The van der Waals surface area contributed by atoms with E-state index in [1.807, 2.05) is 0 Å². The molecule has 2 aromatic carbocycles. The Hall–Kier alpha value is -8.22. The van der Waals surface area contributed by atoms with Crippen molar-refractivity contribution in [2.24, 2.45) is 0 Å². The Labute approximate surface area is 407 Å². The first-order chi connectivity index (χ1) is 34.4. The van der Waals surface area contributed by atoms with Crippen LogP contribution in [0.1, 0.15) is 64.8 Å².